The van der Waals surface area contributed by atoms with E-state index in [0.29, 0.717) is 5.69 Å². The van der Waals surface area contributed by atoms with Crippen molar-refractivity contribution in [2.24, 2.45) is 0 Å². The minimum Gasteiger partial charge on any atom is -0.469 e. The Balaban J connectivity index is 1.59. The summed E-state index contributed by atoms with van der Waals surface area (Å²) in [4.78, 5) is 15.6. The summed E-state index contributed by atoms with van der Waals surface area (Å²) < 4.78 is 5.46. The van der Waals surface area contributed by atoms with Crippen LogP contribution in [0.25, 0.3) is 10.9 Å². The van der Waals surface area contributed by atoms with E-state index in [1.54, 1.807) is 6.26 Å². The van der Waals surface area contributed by atoms with Crippen LogP contribution in [-0.2, 0) is 6.42 Å². The first-order chi connectivity index (χ1) is 10.3. The lowest BCUT2D eigenvalue weighted by Crippen LogP contribution is -2.30. The van der Waals surface area contributed by atoms with Gasteiger partial charge in [0.25, 0.3) is 5.91 Å². The van der Waals surface area contributed by atoms with Gasteiger partial charge in [-0.25, -0.2) is 0 Å². The molecule has 1 aliphatic carbocycles. The fourth-order valence-corrected chi connectivity index (χ4v) is 3.07. The van der Waals surface area contributed by atoms with Gasteiger partial charge >= 0.3 is 0 Å². The van der Waals surface area contributed by atoms with E-state index in [1.807, 2.05) is 36.4 Å². The second-order valence-electron chi connectivity index (χ2n) is 5.49. The molecule has 106 valence electrons. The molecule has 1 aliphatic rings. The Labute approximate surface area is 122 Å². The summed E-state index contributed by atoms with van der Waals surface area (Å²) in [6, 6.07) is 11.8. The van der Waals surface area contributed by atoms with Gasteiger partial charge in [-0.15, -0.1) is 0 Å². The van der Waals surface area contributed by atoms with Crippen LogP contribution in [0.3, 0.4) is 0 Å². The third-order valence-electron chi connectivity index (χ3n) is 4.13. The molecular formula is C17H16N2O2. The van der Waals surface area contributed by atoms with Crippen LogP contribution in [0.1, 0.15) is 40.7 Å². The van der Waals surface area contributed by atoms with Crippen molar-refractivity contribution in [1.82, 2.24) is 10.3 Å². The average molecular weight is 280 g/mol. The summed E-state index contributed by atoms with van der Waals surface area (Å²) >= 11 is 0. The van der Waals surface area contributed by atoms with E-state index in [0.717, 1.165) is 41.5 Å². The molecule has 21 heavy (non-hydrogen) atoms. The second kappa shape index (κ2) is 4.81. The Bertz CT molecular complexity index is 767. The van der Waals surface area contributed by atoms with E-state index in [-0.39, 0.29) is 11.9 Å². The minimum absolute atomic E-state index is 0.0476. The van der Waals surface area contributed by atoms with Crippen molar-refractivity contribution in [3.8, 4) is 0 Å². The summed E-state index contributed by atoms with van der Waals surface area (Å²) in [7, 11) is 0. The number of aromatic nitrogens is 1. The van der Waals surface area contributed by atoms with Crippen molar-refractivity contribution < 1.29 is 9.21 Å². The monoisotopic (exact) mass is 280 g/mol. The van der Waals surface area contributed by atoms with Crippen LogP contribution in [0.15, 0.2) is 47.1 Å². The number of carbonyl (C=O) groups excluding carboxylic acids is 1. The number of aryl methyl sites for hydroxylation is 1. The molecule has 1 amide bonds. The maximum Gasteiger partial charge on any atom is 0.268 e. The second-order valence-corrected chi connectivity index (χ2v) is 5.49. The van der Waals surface area contributed by atoms with E-state index < -0.39 is 0 Å². The Hall–Kier alpha value is -2.49. The molecule has 0 saturated heterocycles. The maximum absolute atomic E-state index is 12.4. The number of hydrogen-bond acceptors (Lipinski definition) is 2. The highest BCUT2D eigenvalue weighted by molar-refractivity contribution is 5.98. The summed E-state index contributed by atoms with van der Waals surface area (Å²) in [6.07, 6.45) is 4.66. The van der Waals surface area contributed by atoms with Crippen LogP contribution in [0.2, 0.25) is 0 Å². The van der Waals surface area contributed by atoms with Crippen molar-refractivity contribution in [2.75, 3.05) is 0 Å². The molecule has 2 aromatic heterocycles. The maximum atomic E-state index is 12.4. The van der Waals surface area contributed by atoms with Gasteiger partial charge < -0.3 is 14.7 Å². The van der Waals surface area contributed by atoms with Gasteiger partial charge in [0.2, 0.25) is 0 Å². The number of H-pyrrole nitrogens is 1. The Morgan fingerprint density at radius 2 is 2.19 bits per heavy atom. The third-order valence-corrected chi connectivity index (χ3v) is 4.13. The molecule has 4 nitrogen and oxygen atoms in total. The zero-order valence-corrected chi connectivity index (χ0v) is 11.6. The van der Waals surface area contributed by atoms with Crippen LogP contribution in [0.5, 0.6) is 0 Å². The van der Waals surface area contributed by atoms with Crippen molar-refractivity contribution in [3.05, 3.63) is 59.7 Å². The molecular weight excluding hydrogens is 264 g/mol. The fraction of sp³-hybridized carbons (Fsp3) is 0.235. The number of fused-ring (bicyclic) bond motifs is 2. The number of hydrogen-bond donors (Lipinski definition) is 2. The summed E-state index contributed by atoms with van der Waals surface area (Å²) in [5, 5.41) is 4.16. The molecule has 1 atom stereocenters. The standard InChI is InChI=1S/C17H16N2O2/c20-17(15-10-11-4-1-2-5-13(11)18-15)19-14-6-3-7-16-12(14)8-9-21-16/h1-2,4-5,8-10,14,18H,3,6-7H2,(H,19,20)/t14-/m1/s1. The smallest absolute Gasteiger partial charge is 0.268 e. The lowest BCUT2D eigenvalue weighted by molar-refractivity contribution is 0.0928. The lowest BCUT2D eigenvalue weighted by atomic mass is 9.93. The van der Waals surface area contributed by atoms with Gasteiger partial charge in [-0.3, -0.25) is 4.79 Å². The van der Waals surface area contributed by atoms with Crippen molar-refractivity contribution in [1.29, 1.82) is 0 Å². The highest BCUT2D eigenvalue weighted by atomic mass is 16.3. The van der Waals surface area contributed by atoms with Crippen molar-refractivity contribution in [3.63, 3.8) is 0 Å². The van der Waals surface area contributed by atoms with Gasteiger partial charge in [-0.1, -0.05) is 18.2 Å². The predicted octanol–water partition coefficient (Wildman–Crippen LogP) is 3.57. The molecule has 4 rings (SSSR count). The number of furan rings is 1. The zero-order chi connectivity index (χ0) is 14.2. The van der Waals surface area contributed by atoms with Crippen molar-refractivity contribution >= 4 is 16.8 Å². The summed E-state index contributed by atoms with van der Waals surface area (Å²) in [6.45, 7) is 0. The van der Waals surface area contributed by atoms with Gasteiger partial charge in [0.05, 0.1) is 12.3 Å². The van der Waals surface area contributed by atoms with Crippen LogP contribution >= 0.6 is 0 Å². The number of para-hydroxylation sites is 1. The van der Waals surface area contributed by atoms with Gasteiger partial charge in [0.15, 0.2) is 0 Å². The SMILES string of the molecule is O=C(N[C@@H]1CCCc2occc21)c1cc2ccccc2[nH]1. The highest BCUT2D eigenvalue weighted by Gasteiger charge is 2.24. The first-order valence-electron chi connectivity index (χ1n) is 7.26. The van der Waals surface area contributed by atoms with Crippen LogP contribution in [-0.4, -0.2) is 10.9 Å². The molecule has 0 radical (unpaired) electrons. The Morgan fingerprint density at radius 1 is 1.29 bits per heavy atom. The molecule has 1 aromatic carbocycles. The highest BCUT2D eigenvalue weighted by Crippen LogP contribution is 2.30. The average Bonchev–Trinajstić information content (AvgIpc) is 3.14. The Morgan fingerprint density at radius 3 is 3.10 bits per heavy atom. The topological polar surface area (TPSA) is 58.0 Å². The first kappa shape index (κ1) is 12.3. The van der Waals surface area contributed by atoms with E-state index >= 15 is 0 Å². The largest absolute Gasteiger partial charge is 0.469 e. The molecule has 3 aromatic rings. The van der Waals surface area contributed by atoms with Gasteiger partial charge in [0, 0.05) is 22.9 Å². The molecule has 0 bridgehead atoms. The molecule has 4 heteroatoms. The molecule has 0 aliphatic heterocycles. The number of carbonyl (C=O) groups is 1. The van der Waals surface area contributed by atoms with Gasteiger partial charge in [-0.05, 0) is 31.0 Å². The van der Waals surface area contributed by atoms with E-state index in [4.69, 9.17) is 4.42 Å². The molecule has 0 saturated carbocycles. The molecule has 0 unspecified atom stereocenters. The summed E-state index contributed by atoms with van der Waals surface area (Å²) in [5.41, 5.74) is 2.70. The number of amides is 1. The fourth-order valence-electron chi connectivity index (χ4n) is 3.07. The van der Waals surface area contributed by atoms with Crippen LogP contribution in [0, 0.1) is 0 Å². The third kappa shape index (κ3) is 2.13. The molecule has 2 N–H and O–H groups in total. The predicted molar refractivity (Wildman–Crippen MR) is 80.2 cm³/mol. The van der Waals surface area contributed by atoms with Gasteiger partial charge in [-0.2, -0.15) is 0 Å². The van der Waals surface area contributed by atoms with Crippen molar-refractivity contribution in [2.45, 2.75) is 25.3 Å². The Kier molecular flexibility index (Phi) is 2.81. The first-order valence-corrected chi connectivity index (χ1v) is 7.26. The van der Waals surface area contributed by atoms with Gasteiger partial charge in [0.1, 0.15) is 11.5 Å². The zero-order valence-electron chi connectivity index (χ0n) is 11.6. The number of nitrogens with one attached hydrogen (secondary N) is 2. The van der Waals surface area contributed by atoms with E-state index in [1.165, 1.54) is 0 Å². The number of aromatic amines is 1. The number of benzene rings is 1. The minimum atomic E-state index is -0.0646. The number of rotatable bonds is 2. The molecule has 2 heterocycles. The quantitative estimate of drug-likeness (QED) is 0.754. The normalized spacial score (nSPS) is 17.6. The van der Waals surface area contributed by atoms with E-state index in [2.05, 4.69) is 10.3 Å². The molecule has 0 spiro atoms. The lowest BCUT2D eigenvalue weighted by Gasteiger charge is -2.22. The van der Waals surface area contributed by atoms with Crippen LogP contribution < -0.4 is 5.32 Å². The van der Waals surface area contributed by atoms with Crippen LogP contribution in [0.4, 0.5) is 0 Å². The summed E-state index contributed by atoms with van der Waals surface area (Å²) in [5.74, 6) is 0.938. The van der Waals surface area contributed by atoms with E-state index in [9.17, 15) is 4.79 Å². The molecule has 0 fully saturated rings.